The third-order valence-corrected chi connectivity index (χ3v) is 3.33. The Labute approximate surface area is 106 Å². The highest BCUT2D eigenvalue weighted by Gasteiger charge is 2.29. The third-order valence-electron chi connectivity index (χ3n) is 3.33. The van der Waals surface area contributed by atoms with Gasteiger partial charge in [-0.25, -0.2) is 4.39 Å². The summed E-state index contributed by atoms with van der Waals surface area (Å²) in [6.07, 6.45) is 1.34. The van der Waals surface area contributed by atoms with Crippen LogP contribution in [0.5, 0.6) is 0 Å². The predicted molar refractivity (Wildman–Crippen MR) is 66.3 cm³/mol. The van der Waals surface area contributed by atoms with Gasteiger partial charge in [-0.1, -0.05) is 12.1 Å². The summed E-state index contributed by atoms with van der Waals surface area (Å²) < 4.78 is 13.0. The number of carbonyl (C=O) groups excluding carboxylic acids is 1. The minimum atomic E-state index is -0.952. The molecule has 2 atom stereocenters. The van der Waals surface area contributed by atoms with Crippen molar-refractivity contribution in [3.63, 3.8) is 0 Å². The normalized spacial score (nSPS) is 18.2. The number of hydrogen-bond donors (Lipinski definition) is 2. The molecule has 0 radical (unpaired) electrons. The molecule has 1 saturated carbocycles. The Morgan fingerprint density at radius 1 is 1.56 bits per heavy atom. The zero-order valence-corrected chi connectivity index (χ0v) is 10.4. The molecular weight excluding hydrogens is 233 g/mol. The minimum absolute atomic E-state index is 0.0273. The number of rotatable bonds is 5. The van der Waals surface area contributed by atoms with E-state index in [1.165, 1.54) is 18.2 Å². The first-order chi connectivity index (χ1) is 8.56. The summed E-state index contributed by atoms with van der Waals surface area (Å²) in [5.41, 5.74) is 0.434. The van der Waals surface area contributed by atoms with Crippen molar-refractivity contribution in [1.29, 1.82) is 0 Å². The maximum absolute atomic E-state index is 13.0. The van der Waals surface area contributed by atoms with Crippen LogP contribution in [-0.2, 0) is 4.79 Å². The standard InChI is InChI=1S/C14H18FNO2/c1-9(10-5-6-10)16-14(18)8-13(17)11-3-2-4-12(15)7-11/h2-4,7,9-10,13,17H,5-6,8H2,1H3,(H,16,18). The predicted octanol–water partition coefficient (Wildman–Crippen LogP) is 2.16. The minimum Gasteiger partial charge on any atom is -0.388 e. The van der Waals surface area contributed by atoms with Crippen LogP contribution in [0.1, 0.15) is 37.9 Å². The van der Waals surface area contributed by atoms with Gasteiger partial charge in [0.2, 0.25) is 5.91 Å². The molecule has 98 valence electrons. The van der Waals surface area contributed by atoms with Crippen molar-refractivity contribution >= 4 is 5.91 Å². The Hall–Kier alpha value is -1.42. The number of hydrogen-bond acceptors (Lipinski definition) is 2. The molecule has 2 N–H and O–H groups in total. The fraction of sp³-hybridized carbons (Fsp3) is 0.500. The number of amides is 1. The lowest BCUT2D eigenvalue weighted by molar-refractivity contribution is -0.123. The van der Waals surface area contributed by atoms with Crippen LogP contribution in [0.15, 0.2) is 24.3 Å². The first-order valence-electron chi connectivity index (χ1n) is 6.29. The number of aliphatic hydroxyl groups excluding tert-OH is 1. The first-order valence-corrected chi connectivity index (χ1v) is 6.29. The fourth-order valence-electron chi connectivity index (χ4n) is 2.03. The molecule has 0 aromatic heterocycles. The van der Waals surface area contributed by atoms with Crippen molar-refractivity contribution in [3.8, 4) is 0 Å². The smallest absolute Gasteiger partial charge is 0.223 e. The van der Waals surface area contributed by atoms with E-state index in [-0.39, 0.29) is 18.4 Å². The van der Waals surface area contributed by atoms with Gasteiger partial charge >= 0.3 is 0 Å². The largest absolute Gasteiger partial charge is 0.388 e. The fourth-order valence-corrected chi connectivity index (χ4v) is 2.03. The van der Waals surface area contributed by atoms with Crippen molar-refractivity contribution in [2.75, 3.05) is 0 Å². The Kier molecular flexibility index (Phi) is 3.97. The van der Waals surface area contributed by atoms with Crippen LogP contribution in [0.3, 0.4) is 0 Å². The molecule has 4 heteroatoms. The van der Waals surface area contributed by atoms with Crippen molar-refractivity contribution in [2.24, 2.45) is 5.92 Å². The van der Waals surface area contributed by atoms with Gasteiger partial charge in [0, 0.05) is 6.04 Å². The Bertz CT molecular complexity index is 432. The molecule has 1 aliphatic rings. The van der Waals surface area contributed by atoms with E-state index in [4.69, 9.17) is 0 Å². The summed E-state index contributed by atoms with van der Waals surface area (Å²) >= 11 is 0. The number of aliphatic hydroxyl groups is 1. The van der Waals surface area contributed by atoms with Crippen LogP contribution in [0, 0.1) is 11.7 Å². The van der Waals surface area contributed by atoms with Crippen molar-refractivity contribution < 1.29 is 14.3 Å². The highest BCUT2D eigenvalue weighted by atomic mass is 19.1. The summed E-state index contributed by atoms with van der Waals surface area (Å²) in [5.74, 6) is -0.00951. The average molecular weight is 251 g/mol. The van der Waals surface area contributed by atoms with Gasteiger partial charge in [0.25, 0.3) is 0 Å². The topological polar surface area (TPSA) is 49.3 Å². The van der Waals surface area contributed by atoms with E-state index in [1.54, 1.807) is 6.07 Å². The van der Waals surface area contributed by atoms with Crippen LogP contribution < -0.4 is 5.32 Å². The number of halogens is 1. The quantitative estimate of drug-likeness (QED) is 0.842. The summed E-state index contributed by atoms with van der Waals surface area (Å²) in [6, 6.07) is 5.87. The zero-order valence-electron chi connectivity index (χ0n) is 10.4. The summed E-state index contributed by atoms with van der Waals surface area (Å²) in [6.45, 7) is 1.98. The lowest BCUT2D eigenvalue weighted by Gasteiger charge is -2.15. The maximum atomic E-state index is 13.0. The molecule has 0 saturated heterocycles. The second-order valence-corrected chi connectivity index (χ2v) is 4.97. The first kappa shape index (κ1) is 13.0. The van der Waals surface area contributed by atoms with E-state index in [1.807, 2.05) is 6.92 Å². The molecule has 0 bridgehead atoms. The van der Waals surface area contributed by atoms with E-state index >= 15 is 0 Å². The van der Waals surface area contributed by atoms with E-state index in [9.17, 15) is 14.3 Å². The van der Waals surface area contributed by atoms with E-state index in [0.717, 1.165) is 12.8 Å². The van der Waals surface area contributed by atoms with Crippen LogP contribution in [0.4, 0.5) is 4.39 Å². The van der Waals surface area contributed by atoms with Crippen LogP contribution in [-0.4, -0.2) is 17.1 Å². The van der Waals surface area contributed by atoms with Gasteiger partial charge in [0.1, 0.15) is 5.82 Å². The van der Waals surface area contributed by atoms with E-state index in [2.05, 4.69) is 5.32 Å². The SMILES string of the molecule is CC(NC(=O)CC(O)c1cccc(F)c1)C1CC1. The summed E-state index contributed by atoms with van der Waals surface area (Å²) in [5, 5.41) is 12.7. The molecule has 2 unspecified atom stereocenters. The molecule has 0 aliphatic heterocycles. The van der Waals surface area contributed by atoms with E-state index < -0.39 is 11.9 Å². The van der Waals surface area contributed by atoms with Crippen LogP contribution in [0.2, 0.25) is 0 Å². The molecule has 18 heavy (non-hydrogen) atoms. The number of carbonyl (C=O) groups is 1. The Balaban J connectivity index is 1.86. The van der Waals surface area contributed by atoms with Gasteiger partial charge in [0.15, 0.2) is 0 Å². The maximum Gasteiger partial charge on any atom is 0.223 e. The Morgan fingerprint density at radius 3 is 2.89 bits per heavy atom. The second kappa shape index (κ2) is 5.48. The van der Waals surface area contributed by atoms with Crippen molar-refractivity contribution in [3.05, 3.63) is 35.6 Å². The molecule has 2 rings (SSSR count). The monoisotopic (exact) mass is 251 g/mol. The zero-order chi connectivity index (χ0) is 13.1. The Morgan fingerprint density at radius 2 is 2.28 bits per heavy atom. The molecular formula is C14H18FNO2. The van der Waals surface area contributed by atoms with Crippen LogP contribution in [0.25, 0.3) is 0 Å². The molecule has 0 heterocycles. The number of nitrogens with one attached hydrogen (secondary N) is 1. The second-order valence-electron chi connectivity index (χ2n) is 4.97. The molecule has 3 nitrogen and oxygen atoms in total. The van der Waals surface area contributed by atoms with E-state index in [0.29, 0.717) is 11.5 Å². The lowest BCUT2D eigenvalue weighted by atomic mass is 10.1. The van der Waals surface area contributed by atoms with Crippen molar-refractivity contribution in [1.82, 2.24) is 5.32 Å². The average Bonchev–Trinajstić information content (AvgIpc) is 3.12. The number of benzene rings is 1. The van der Waals surface area contributed by atoms with Gasteiger partial charge in [-0.05, 0) is 43.4 Å². The van der Waals surface area contributed by atoms with Gasteiger partial charge in [-0.15, -0.1) is 0 Å². The highest BCUT2D eigenvalue weighted by Crippen LogP contribution is 2.32. The summed E-state index contributed by atoms with van der Waals surface area (Å²) in [7, 11) is 0. The third kappa shape index (κ3) is 3.53. The summed E-state index contributed by atoms with van der Waals surface area (Å²) in [4.78, 5) is 11.7. The van der Waals surface area contributed by atoms with Gasteiger partial charge in [-0.3, -0.25) is 4.79 Å². The molecule has 1 amide bonds. The van der Waals surface area contributed by atoms with Gasteiger partial charge < -0.3 is 10.4 Å². The molecule has 1 aliphatic carbocycles. The molecule has 1 aromatic rings. The van der Waals surface area contributed by atoms with Gasteiger partial charge in [-0.2, -0.15) is 0 Å². The highest BCUT2D eigenvalue weighted by molar-refractivity contribution is 5.77. The molecule has 1 aromatic carbocycles. The molecule has 1 fully saturated rings. The van der Waals surface area contributed by atoms with Crippen molar-refractivity contribution in [2.45, 2.75) is 38.3 Å². The van der Waals surface area contributed by atoms with Crippen LogP contribution >= 0.6 is 0 Å². The molecule has 0 spiro atoms. The lowest BCUT2D eigenvalue weighted by Crippen LogP contribution is -2.34. The van der Waals surface area contributed by atoms with Gasteiger partial charge in [0.05, 0.1) is 12.5 Å².